The summed E-state index contributed by atoms with van der Waals surface area (Å²) in [7, 11) is 1.66. The summed E-state index contributed by atoms with van der Waals surface area (Å²) >= 11 is 1.57. The fraction of sp³-hybridized carbons (Fsp3) is 0.217. The van der Waals surface area contributed by atoms with Gasteiger partial charge in [-0.1, -0.05) is 24.3 Å². The van der Waals surface area contributed by atoms with Gasteiger partial charge in [0.15, 0.2) is 0 Å². The summed E-state index contributed by atoms with van der Waals surface area (Å²) in [5.74, 6) is 2.11. The lowest BCUT2D eigenvalue weighted by Crippen LogP contribution is -2.10. The maximum atomic E-state index is 10.3. The van der Waals surface area contributed by atoms with E-state index in [1.165, 1.54) is 6.33 Å². The van der Waals surface area contributed by atoms with Crippen LogP contribution in [0.4, 0.5) is 0 Å². The highest BCUT2D eigenvalue weighted by Crippen LogP contribution is 2.42. The van der Waals surface area contributed by atoms with Gasteiger partial charge in [0.1, 0.15) is 22.7 Å². The fourth-order valence-electron chi connectivity index (χ4n) is 3.90. The summed E-state index contributed by atoms with van der Waals surface area (Å²) in [5.41, 5.74) is 4.12. The van der Waals surface area contributed by atoms with Crippen LogP contribution in [0.5, 0.6) is 17.4 Å². The van der Waals surface area contributed by atoms with Crippen LogP contribution in [0.2, 0.25) is 0 Å². The van der Waals surface area contributed by atoms with Crippen LogP contribution in [-0.4, -0.2) is 22.2 Å². The molecule has 1 unspecified atom stereocenters. The Bertz CT molecular complexity index is 1170. The number of hydrogen-bond donors (Lipinski definition) is 1. The van der Waals surface area contributed by atoms with Gasteiger partial charge >= 0.3 is 0 Å². The Hall–Kier alpha value is -2.96. The molecule has 2 heterocycles. The van der Waals surface area contributed by atoms with Gasteiger partial charge < -0.3 is 14.6 Å². The first kappa shape index (κ1) is 18.1. The van der Waals surface area contributed by atoms with Crippen molar-refractivity contribution in [2.24, 2.45) is 0 Å². The van der Waals surface area contributed by atoms with Crippen molar-refractivity contribution in [2.75, 3.05) is 7.11 Å². The molecule has 29 heavy (non-hydrogen) atoms. The van der Waals surface area contributed by atoms with Crippen molar-refractivity contribution < 1.29 is 14.6 Å². The van der Waals surface area contributed by atoms with Crippen molar-refractivity contribution in [1.29, 1.82) is 0 Å². The smallest absolute Gasteiger partial charge is 0.231 e. The van der Waals surface area contributed by atoms with Gasteiger partial charge in [0, 0.05) is 16.5 Å². The highest BCUT2D eigenvalue weighted by molar-refractivity contribution is 7.17. The zero-order valence-corrected chi connectivity index (χ0v) is 16.8. The predicted octanol–water partition coefficient (Wildman–Crippen LogP) is 5.53. The van der Waals surface area contributed by atoms with Crippen molar-refractivity contribution >= 4 is 21.6 Å². The molecule has 2 aromatic heterocycles. The summed E-state index contributed by atoms with van der Waals surface area (Å²) < 4.78 is 11.6. The topological polar surface area (TPSA) is 64.5 Å². The molecule has 1 N–H and O–H groups in total. The molecule has 6 heteroatoms. The first-order chi connectivity index (χ1) is 14.2. The third-order valence-corrected chi connectivity index (χ3v) is 6.26. The van der Waals surface area contributed by atoms with Crippen LogP contribution in [0, 0.1) is 0 Å². The number of methoxy groups -OCH3 is 1. The van der Waals surface area contributed by atoms with Crippen LogP contribution in [0.1, 0.15) is 30.1 Å². The molecule has 5 rings (SSSR count). The fourth-order valence-corrected chi connectivity index (χ4v) is 4.80. The van der Waals surface area contributed by atoms with E-state index in [0.717, 1.165) is 63.2 Å². The van der Waals surface area contributed by atoms with Crippen molar-refractivity contribution in [2.45, 2.75) is 25.4 Å². The van der Waals surface area contributed by atoms with E-state index in [4.69, 9.17) is 9.47 Å². The number of rotatable bonds is 4. The Morgan fingerprint density at radius 2 is 1.97 bits per heavy atom. The molecule has 0 bridgehead atoms. The van der Waals surface area contributed by atoms with Crippen LogP contribution >= 0.6 is 11.3 Å². The van der Waals surface area contributed by atoms with E-state index in [2.05, 4.69) is 15.3 Å². The number of nitrogens with zero attached hydrogens (tertiary/aromatic N) is 2. The molecule has 0 spiro atoms. The normalized spacial score (nSPS) is 15.9. The second kappa shape index (κ2) is 7.46. The van der Waals surface area contributed by atoms with E-state index in [-0.39, 0.29) is 0 Å². The monoisotopic (exact) mass is 404 g/mol. The number of ether oxygens (including phenoxy) is 2. The Kier molecular flexibility index (Phi) is 4.66. The van der Waals surface area contributed by atoms with Crippen LogP contribution in [0.3, 0.4) is 0 Å². The standard InChI is InChI=1S/C23H20N2O3S/c1-27-15-10-8-14(9-11-15)18-12-29-23-21(18)22(24-13-25-23)28-20-7-3-4-16-17(20)5-2-6-19(16)26/h3-4,7-13,19,26H,2,5-6H2,1H3. The van der Waals surface area contributed by atoms with Gasteiger partial charge in [0.05, 0.1) is 18.6 Å². The van der Waals surface area contributed by atoms with Gasteiger partial charge in [-0.25, -0.2) is 9.97 Å². The van der Waals surface area contributed by atoms with Crippen molar-refractivity contribution in [3.8, 4) is 28.5 Å². The van der Waals surface area contributed by atoms with E-state index in [1.807, 2.05) is 42.5 Å². The summed E-state index contributed by atoms with van der Waals surface area (Å²) in [4.78, 5) is 9.75. The molecule has 0 fully saturated rings. The minimum Gasteiger partial charge on any atom is -0.497 e. The van der Waals surface area contributed by atoms with Gasteiger partial charge in [0.2, 0.25) is 5.88 Å². The average Bonchev–Trinajstić information content (AvgIpc) is 3.20. The Labute approximate surface area is 172 Å². The highest BCUT2D eigenvalue weighted by Gasteiger charge is 2.22. The molecule has 0 radical (unpaired) electrons. The van der Waals surface area contributed by atoms with Crippen molar-refractivity contribution in [3.63, 3.8) is 0 Å². The zero-order valence-electron chi connectivity index (χ0n) is 16.0. The van der Waals surface area contributed by atoms with Crippen molar-refractivity contribution in [1.82, 2.24) is 9.97 Å². The molecule has 1 aliphatic rings. The molecule has 0 saturated carbocycles. The lowest BCUT2D eigenvalue weighted by molar-refractivity contribution is 0.156. The second-order valence-corrected chi connectivity index (χ2v) is 7.93. The molecular weight excluding hydrogens is 384 g/mol. The number of benzene rings is 2. The zero-order chi connectivity index (χ0) is 19.8. The minimum atomic E-state index is -0.427. The highest BCUT2D eigenvalue weighted by atomic mass is 32.1. The summed E-state index contributed by atoms with van der Waals surface area (Å²) in [5, 5.41) is 13.3. The number of hydrogen-bond acceptors (Lipinski definition) is 6. The molecule has 5 nitrogen and oxygen atoms in total. The quantitative estimate of drug-likeness (QED) is 0.485. The lowest BCUT2D eigenvalue weighted by atomic mass is 9.89. The molecular formula is C23H20N2O3S. The summed E-state index contributed by atoms with van der Waals surface area (Å²) in [6.07, 6.45) is 3.75. The third-order valence-electron chi connectivity index (χ3n) is 5.38. The Morgan fingerprint density at radius 3 is 2.79 bits per heavy atom. The molecule has 1 aliphatic carbocycles. The largest absolute Gasteiger partial charge is 0.497 e. The Balaban J connectivity index is 1.60. The molecule has 0 saturated heterocycles. The van der Waals surface area contributed by atoms with Crippen molar-refractivity contribution in [3.05, 3.63) is 65.3 Å². The molecule has 146 valence electrons. The molecule has 0 aliphatic heterocycles. The first-order valence-corrected chi connectivity index (χ1v) is 10.5. The van der Waals surface area contributed by atoms with E-state index in [9.17, 15) is 5.11 Å². The number of aromatic nitrogens is 2. The number of aliphatic hydroxyl groups excluding tert-OH is 1. The van der Waals surface area contributed by atoms with Crippen LogP contribution in [-0.2, 0) is 6.42 Å². The first-order valence-electron chi connectivity index (χ1n) is 9.59. The average molecular weight is 404 g/mol. The van der Waals surface area contributed by atoms with Gasteiger partial charge in [-0.2, -0.15) is 0 Å². The third kappa shape index (κ3) is 3.24. The summed E-state index contributed by atoms with van der Waals surface area (Å²) in [6, 6.07) is 13.8. The van der Waals surface area contributed by atoms with E-state index in [0.29, 0.717) is 5.88 Å². The SMILES string of the molecule is COc1ccc(-c2csc3ncnc(Oc4cccc5c4CCCC5O)c23)cc1. The molecule has 1 atom stereocenters. The number of aliphatic hydroxyl groups is 1. The minimum absolute atomic E-state index is 0.427. The van der Waals surface area contributed by atoms with Crippen LogP contribution < -0.4 is 9.47 Å². The van der Waals surface area contributed by atoms with E-state index >= 15 is 0 Å². The van der Waals surface area contributed by atoms with E-state index in [1.54, 1.807) is 18.4 Å². The maximum Gasteiger partial charge on any atom is 0.231 e. The van der Waals surface area contributed by atoms with Gasteiger partial charge in [0.25, 0.3) is 0 Å². The number of fused-ring (bicyclic) bond motifs is 2. The van der Waals surface area contributed by atoms with E-state index < -0.39 is 6.10 Å². The summed E-state index contributed by atoms with van der Waals surface area (Å²) in [6.45, 7) is 0. The van der Waals surface area contributed by atoms with Crippen LogP contribution in [0.15, 0.2) is 54.2 Å². The lowest BCUT2D eigenvalue weighted by Gasteiger charge is -2.23. The molecule has 4 aromatic rings. The molecule has 0 amide bonds. The maximum absolute atomic E-state index is 10.3. The Morgan fingerprint density at radius 1 is 1.10 bits per heavy atom. The number of thiophene rings is 1. The predicted molar refractivity (Wildman–Crippen MR) is 114 cm³/mol. The second-order valence-electron chi connectivity index (χ2n) is 7.07. The van der Waals surface area contributed by atoms with Crippen LogP contribution in [0.25, 0.3) is 21.3 Å². The van der Waals surface area contributed by atoms with Gasteiger partial charge in [-0.15, -0.1) is 11.3 Å². The van der Waals surface area contributed by atoms with Gasteiger partial charge in [-0.05, 0) is 48.6 Å². The van der Waals surface area contributed by atoms with Gasteiger partial charge in [-0.3, -0.25) is 0 Å². The molecule has 2 aromatic carbocycles.